The standard InChI is InChI=1S/C19H24O/c1-12-3-8-18-17-6-4-13-11-14(20)5-7-15(13)16(17)9-10-19(12,18)2/h9-12,15,18H,3-8H2,1-2H3. The van der Waals surface area contributed by atoms with Gasteiger partial charge in [0.1, 0.15) is 0 Å². The van der Waals surface area contributed by atoms with Gasteiger partial charge in [0.15, 0.2) is 5.78 Å². The number of carbonyl (C=O) groups is 1. The molecular formula is C19H24O. The largest absolute Gasteiger partial charge is 0.295 e. The Morgan fingerprint density at radius 3 is 2.85 bits per heavy atom. The zero-order valence-corrected chi connectivity index (χ0v) is 12.6. The van der Waals surface area contributed by atoms with Gasteiger partial charge in [0.05, 0.1) is 0 Å². The Labute approximate surface area is 121 Å². The summed E-state index contributed by atoms with van der Waals surface area (Å²) in [5.74, 6) is 2.49. The maximum absolute atomic E-state index is 11.6. The predicted octanol–water partition coefficient (Wildman–Crippen LogP) is 4.60. The first-order valence-corrected chi connectivity index (χ1v) is 8.25. The number of ketones is 1. The summed E-state index contributed by atoms with van der Waals surface area (Å²) in [7, 11) is 0. The second-order valence-electron chi connectivity index (χ2n) is 7.49. The molecule has 0 heterocycles. The van der Waals surface area contributed by atoms with Crippen molar-refractivity contribution in [3.63, 3.8) is 0 Å². The summed E-state index contributed by atoms with van der Waals surface area (Å²) in [4.78, 5) is 11.6. The van der Waals surface area contributed by atoms with Gasteiger partial charge in [-0.1, -0.05) is 37.1 Å². The molecule has 4 rings (SSSR count). The van der Waals surface area contributed by atoms with E-state index in [1.54, 1.807) is 11.1 Å². The van der Waals surface area contributed by atoms with Crippen LogP contribution in [0, 0.1) is 23.2 Å². The lowest BCUT2D eigenvalue weighted by molar-refractivity contribution is -0.115. The van der Waals surface area contributed by atoms with Crippen molar-refractivity contribution < 1.29 is 4.79 Å². The van der Waals surface area contributed by atoms with E-state index < -0.39 is 0 Å². The highest BCUT2D eigenvalue weighted by molar-refractivity contribution is 5.91. The van der Waals surface area contributed by atoms with Crippen molar-refractivity contribution in [2.24, 2.45) is 23.2 Å². The van der Waals surface area contributed by atoms with Crippen LogP contribution in [0.15, 0.2) is 34.9 Å². The first-order valence-electron chi connectivity index (χ1n) is 8.25. The molecule has 0 radical (unpaired) electrons. The number of hydrogen-bond acceptors (Lipinski definition) is 1. The summed E-state index contributed by atoms with van der Waals surface area (Å²) >= 11 is 0. The summed E-state index contributed by atoms with van der Waals surface area (Å²) in [6.45, 7) is 4.88. The van der Waals surface area contributed by atoms with Crippen LogP contribution in [0.25, 0.3) is 0 Å². The zero-order chi connectivity index (χ0) is 13.9. The maximum Gasteiger partial charge on any atom is 0.155 e. The van der Waals surface area contributed by atoms with Gasteiger partial charge in [0.2, 0.25) is 0 Å². The number of fused-ring (bicyclic) bond motifs is 4. The van der Waals surface area contributed by atoms with E-state index in [2.05, 4.69) is 26.0 Å². The quantitative estimate of drug-likeness (QED) is 0.627. The number of allylic oxidation sites excluding steroid dienone is 6. The summed E-state index contributed by atoms with van der Waals surface area (Å²) in [6.07, 6.45) is 13.8. The molecule has 4 unspecified atom stereocenters. The molecule has 0 aromatic heterocycles. The Morgan fingerprint density at radius 1 is 1.15 bits per heavy atom. The van der Waals surface area contributed by atoms with E-state index >= 15 is 0 Å². The lowest BCUT2D eigenvalue weighted by Gasteiger charge is -2.43. The molecule has 20 heavy (non-hydrogen) atoms. The molecule has 4 aliphatic rings. The van der Waals surface area contributed by atoms with Crippen LogP contribution in [-0.4, -0.2) is 5.78 Å². The molecule has 1 heteroatoms. The van der Waals surface area contributed by atoms with Gasteiger partial charge in [-0.3, -0.25) is 4.79 Å². The van der Waals surface area contributed by atoms with Gasteiger partial charge in [-0.2, -0.15) is 0 Å². The maximum atomic E-state index is 11.6. The van der Waals surface area contributed by atoms with Crippen LogP contribution in [0.2, 0.25) is 0 Å². The minimum atomic E-state index is 0.347. The fourth-order valence-corrected chi connectivity index (χ4v) is 5.18. The molecule has 0 aromatic rings. The SMILES string of the molecule is CC1CCC2C3=C(C=CC12C)C1CCC(=O)C=C1CC3. The summed E-state index contributed by atoms with van der Waals surface area (Å²) in [5.41, 5.74) is 5.14. The summed E-state index contributed by atoms with van der Waals surface area (Å²) < 4.78 is 0. The molecule has 1 nitrogen and oxygen atoms in total. The minimum Gasteiger partial charge on any atom is -0.295 e. The molecular weight excluding hydrogens is 244 g/mol. The zero-order valence-electron chi connectivity index (χ0n) is 12.6. The molecule has 106 valence electrons. The van der Waals surface area contributed by atoms with Crippen LogP contribution >= 0.6 is 0 Å². The molecule has 1 fully saturated rings. The van der Waals surface area contributed by atoms with Crippen LogP contribution in [0.4, 0.5) is 0 Å². The van der Waals surface area contributed by atoms with Gasteiger partial charge in [-0.25, -0.2) is 0 Å². The molecule has 0 amide bonds. The van der Waals surface area contributed by atoms with E-state index in [4.69, 9.17) is 0 Å². The number of rotatable bonds is 0. The average Bonchev–Trinajstić information content (AvgIpc) is 2.74. The van der Waals surface area contributed by atoms with Crippen LogP contribution in [0.5, 0.6) is 0 Å². The lowest BCUT2D eigenvalue weighted by atomic mass is 9.61. The Kier molecular flexibility index (Phi) is 2.64. The first-order chi connectivity index (χ1) is 9.59. The topological polar surface area (TPSA) is 17.1 Å². The second-order valence-corrected chi connectivity index (χ2v) is 7.49. The number of hydrogen-bond donors (Lipinski definition) is 0. The van der Waals surface area contributed by atoms with E-state index in [9.17, 15) is 4.79 Å². The molecule has 0 saturated heterocycles. The summed E-state index contributed by atoms with van der Waals surface area (Å²) in [5, 5.41) is 0. The molecule has 1 saturated carbocycles. The highest BCUT2D eigenvalue weighted by atomic mass is 16.1. The van der Waals surface area contributed by atoms with Crippen molar-refractivity contribution in [1.29, 1.82) is 0 Å². The normalized spacial score (nSPS) is 43.0. The third-order valence-electron chi connectivity index (χ3n) is 6.65. The van der Waals surface area contributed by atoms with Gasteiger partial charge in [-0.15, -0.1) is 0 Å². The molecule has 4 atom stereocenters. The van der Waals surface area contributed by atoms with Crippen LogP contribution in [-0.2, 0) is 4.79 Å². The molecule has 0 N–H and O–H groups in total. The van der Waals surface area contributed by atoms with Gasteiger partial charge in [0.25, 0.3) is 0 Å². The van der Waals surface area contributed by atoms with E-state index in [1.807, 2.05) is 6.08 Å². The average molecular weight is 268 g/mol. The molecule has 0 aromatic carbocycles. The van der Waals surface area contributed by atoms with Gasteiger partial charge >= 0.3 is 0 Å². The lowest BCUT2D eigenvalue weighted by Crippen LogP contribution is -2.33. The summed E-state index contributed by atoms with van der Waals surface area (Å²) in [6, 6.07) is 0. The second kappa shape index (κ2) is 4.19. The molecule has 0 spiro atoms. The third-order valence-corrected chi connectivity index (χ3v) is 6.65. The minimum absolute atomic E-state index is 0.347. The Morgan fingerprint density at radius 2 is 2.00 bits per heavy atom. The van der Waals surface area contributed by atoms with E-state index in [-0.39, 0.29) is 0 Å². The van der Waals surface area contributed by atoms with Crippen molar-refractivity contribution in [3.8, 4) is 0 Å². The van der Waals surface area contributed by atoms with Crippen LogP contribution in [0.1, 0.15) is 52.4 Å². The predicted molar refractivity (Wildman–Crippen MR) is 81.2 cm³/mol. The monoisotopic (exact) mass is 268 g/mol. The van der Waals surface area contributed by atoms with E-state index in [0.717, 1.165) is 31.1 Å². The first kappa shape index (κ1) is 12.6. The van der Waals surface area contributed by atoms with Crippen LogP contribution in [0.3, 0.4) is 0 Å². The van der Waals surface area contributed by atoms with Gasteiger partial charge < -0.3 is 0 Å². The Balaban J connectivity index is 1.76. The molecule has 4 aliphatic carbocycles. The highest BCUT2D eigenvalue weighted by Crippen LogP contribution is 2.58. The molecule has 0 aliphatic heterocycles. The third kappa shape index (κ3) is 1.58. The van der Waals surface area contributed by atoms with Crippen LogP contribution < -0.4 is 0 Å². The van der Waals surface area contributed by atoms with Gasteiger partial charge in [-0.05, 0) is 61.0 Å². The van der Waals surface area contributed by atoms with Crippen molar-refractivity contribution in [3.05, 3.63) is 34.9 Å². The van der Waals surface area contributed by atoms with Crippen molar-refractivity contribution >= 4 is 5.78 Å². The Hall–Kier alpha value is -1.11. The number of carbonyl (C=O) groups excluding carboxylic acids is 1. The Bertz CT molecular complexity index is 562. The van der Waals surface area contributed by atoms with Gasteiger partial charge in [0, 0.05) is 12.3 Å². The highest BCUT2D eigenvalue weighted by Gasteiger charge is 2.47. The van der Waals surface area contributed by atoms with E-state index in [1.165, 1.54) is 24.8 Å². The van der Waals surface area contributed by atoms with Crippen molar-refractivity contribution in [2.45, 2.75) is 52.4 Å². The van der Waals surface area contributed by atoms with E-state index in [0.29, 0.717) is 17.1 Å². The fourth-order valence-electron chi connectivity index (χ4n) is 5.18. The fraction of sp³-hybridized carbons (Fsp3) is 0.632. The van der Waals surface area contributed by atoms with Crippen molar-refractivity contribution in [1.82, 2.24) is 0 Å². The molecule has 0 bridgehead atoms. The smallest absolute Gasteiger partial charge is 0.155 e. The van der Waals surface area contributed by atoms with Crippen molar-refractivity contribution in [2.75, 3.05) is 0 Å².